The zero-order valence-corrected chi connectivity index (χ0v) is 13.6. The molecule has 0 aliphatic heterocycles. The molecule has 5 heteroatoms. The zero-order valence-electron chi connectivity index (χ0n) is 13.6. The highest BCUT2D eigenvalue weighted by Crippen LogP contribution is 2.39. The van der Waals surface area contributed by atoms with Gasteiger partial charge < -0.3 is 17.0 Å². The topological polar surface area (TPSA) is 102 Å². The zero-order chi connectivity index (χ0) is 16.6. The summed E-state index contributed by atoms with van der Waals surface area (Å²) in [5.74, 6) is 11.3. The van der Waals surface area contributed by atoms with Gasteiger partial charge in [0.05, 0.1) is 0 Å². The fourth-order valence-corrected chi connectivity index (χ4v) is 3.64. The number of nitrogens with two attached hydrogens (primary N) is 3. The molecule has 0 aromatic heterocycles. The van der Waals surface area contributed by atoms with Crippen LogP contribution in [-0.2, 0) is 6.42 Å². The third-order valence-electron chi connectivity index (χ3n) is 4.66. The first-order chi connectivity index (χ1) is 11.1. The summed E-state index contributed by atoms with van der Waals surface area (Å²) in [5.41, 5.74) is 17.2. The highest BCUT2D eigenvalue weighted by atomic mass is 15.3. The monoisotopic (exact) mass is 309 g/mol. The molecule has 5 nitrogen and oxygen atoms in total. The molecule has 0 saturated carbocycles. The van der Waals surface area contributed by atoms with Crippen LogP contribution >= 0.6 is 0 Å². The smallest absolute Gasteiger partial charge is 0.166 e. The van der Waals surface area contributed by atoms with E-state index >= 15 is 0 Å². The minimum atomic E-state index is 0.155. The van der Waals surface area contributed by atoms with Crippen LogP contribution in [0, 0.1) is 13.8 Å². The van der Waals surface area contributed by atoms with Crippen LogP contribution in [0.5, 0.6) is 0 Å². The Bertz CT molecular complexity index is 756. The largest absolute Gasteiger partial charge is 0.324 e. The summed E-state index contributed by atoms with van der Waals surface area (Å²) in [7, 11) is 0. The maximum absolute atomic E-state index is 6.22. The van der Waals surface area contributed by atoms with Crippen molar-refractivity contribution < 1.29 is 0 Å². The van der Waals surface area contributed by atoms with Gasteiger partial charge in [-0.2, -0.15) is 5.10 Å². The molecule has 0 fully saturated rings. The van der Waals surface area contributed by atoms with E-state index in [2.05, 4.69) is 54.7 Å². The normalized spacial score (nSPS) is 17.2. The van der Waals surface area contributed by atoms with E-state index in [1.807, 2.05) is 0 Å². The van der Waals surface area contributed by atoms with Gasteiger partial charge in [-0.05, 0) is 72.2 Å². The molecular weight excluding hydrogens is 286 g/mol. The number of aryl methyl sites for hydroxylation is 2. The average molecular weight is 309 g/mol. The van der Waals surface area contributed by atoms with Crippen molar-refractivity contribution in [3.8, 4) is 11.1 Å². The second-order valence-corrected chi connectivity index (χ2v) is 6.13. The molecule has 7 N–H and O–H groups in total. The van der Waals surface area contributed by atoms with Gasteiger partial charge in [-0.3, -0.25) is 0 Å². The first-order valence-corrected chi connectivity index (χ1v) is 7.80. The van der Waals surface area contributed by atoms with Crippen molar-refractivity contribution in [2.75, 3.05) is 0 Å². The number of fused-ring (bicyclic) bond motifs is 1. The molecule has 1 aliphatic rings. The van der Waals surface area contributed by atoms with Gasteiger partial charge in [0.15, 0.2) is 5.84 Å². The number of nitrogens with one attached hydrogen (secondary N) is 1. The molecule has 2 aromatic rings. The van der Waals surface area contributed by atoms with Crippen LogP contribution in [0.25, 0.3) is 11.1 Å². The first kappa shape index (κ1) is 15.5. The number of hydrogen-bond donors (Lipinski definition) is 4. The molecule has 3 rings (SSSR count). The minimum absolute atomic E-state index is 0.155. The molecule has 1 atom stereocenters. The van der Waals surface area contributed by atoms with Crippen LogP contribution in [-0.4, -0.2) is 5.84 Å². The molecular formula is C18H23N5. The number of rotatable bonds is 2. The third-order valence-corrected chi connectivity index (χ3v) is 4.66. The lowest BCUT2D eigenvalue weighted by Crippen LogP contribution is -2.32. The molecule has 0 saturated heterocycles. The van der Waals surface area contributed by atoms with E-state index in [1.54, 1.807) is 0 Å². The predicted molar refractivity (Wildman–Crippen MR) is 94.6 cm³/mol. The second-order valence-electron chi connectivity index (χ2n) is 6.13. The quantitative estimate of drug-likeness (QED) is 0.295. The van der Waals surface area contributed by atoms with Crippen LogP contribution < -0.4 is 22.8 Å². The fourth-order valence-electron chi connectivity index (χ4n) is 3.64. The molecule has 0 bridgehead atoms. The van der Waals surface area contributed by atoms with Crippen LogP contribution in [0.3, 0.4) is 0 Å². The standard InChI is InChI=1S/C18H23N5/c1-10-8-12(18(22-20)23-21)9-11(2)17(10)15-5-3-4-14-13(15)6-7-16(14)19/h3-5,8-9,16H,6-7,19-21H2,1-2H3,(H,22,23)/t16-/m1/s1. The fraction of sp³-hybridized carbons (Fsp3) is 0.278. The lowest BCUT2D eigenvalue weighted by Gasteiger charge is -2.17. The highest BCUT2D eigenvalue weighted by molar-refractivity contribution is 5.99. The summed E-state index contributed by atoms with van der Waals surface area (Å²) >= 11 is 0. The van der Waals surface area contributed by atoms with E-state index in [4.69, 9.17) is 17.4 Å². The number of hydrazone groups is 1. The minimum Gasteiger partial charge on any atom is -0.324 e. The van der Waals surface area contributed by atoms with Gasteiger partial charge in [-0.25, -0.2) is 5.84 Å². The van der Waals surface area contributed by atoms with Crippen molar-refractivity contribution in [3.63, 3.8) is 0 Å². The van der Waals surface area contributed by atoms with Gasteiger partial charge in [0.1, 0.15) is 0 Å². The molecule has 0 spiro atoms. The van der Waals surface area contributed by atoms with Crippen molar-refractivity contribution in [2.24, 2.45) is 22.5 Å². The van der Waals surface area contributed by atoms with Crippen molar-refractivity contribution in [3.05, 3.63) is 58.1 Å². The predicted octanol–water partition coefficient (Wildman–Crippen LogP) is 2.00. The van der Waals surface area contributed by atoms with Crippen LogP contribution in [0.1, 0.15) is 40.3 Å². The van der Waals surface area contributed by atoms with Crippen molar-refractivity contribution in [2.45, 2.75) is 32.7 Å². The molecule has 2 aromatic carbocycles. The van der Waals surface area contributed by atoms with Crippen LogP contribution in [0.15, 0.2) is 35.4 Å². The Hall–Kier alpha value is -2.37. The van der Waals surface area contributed by atoms with Crippen molar-refractivity contribution in [1.29, 1.82) is 0 Å². The Labute approximate surface area is 136 Å². The number of amidine groups is 1. The second kappa shape index (κ2) is 6.02. The Morgan fingerprint density at radius 3 is 2.52 bits per heavy atom. The summed E-state index contributed by atoms with van der Waals surface area (Å²) in [4.78, 5) is 0. The van der Waals surface area contributed by atoms with Crippen molar-refractivity contribution >= 4 is 5.84 Å². The summed E-state index contributed by atoms with van der Waals surface area (Å²) in [6.45, 7) is 4.20. The average Bonchev–Trinajstić information content (AvgIpc) is 2.90. The first-order valence-electron chi connectivity index (χ1n) is 7.80. The van der Waals surface area contributed by atoms with Crippen LogP contribution in [0.2, 0.25) is 0 Å². The third kappa shape index (κ3) is 2.58. The van der Waals surface area contributed by atoms with E-state index in [1.165, 1.54) is 33.4 Å². The SMILES string of the molecule is Cc1cc(/C(=N/N)NN)cc(C)c1-c1cccc2c1CC[C@H]2N. The molecule has 0 radical (unpaired) electrons. The summed E-state index contributed by atoms with van der Waals surface area (Å²) in [6, 6.07) is 10.7. The molecule has 120 valence electrons. The number of hydrogen-bond acceptors (Lipinski definition) is 4. The summed E-state index contributed by atoms with van der Waals surface area (Å²) < 4.78 is 0. The van der Waals surface area contributed by atoms with E-state index in [0.717, 1.165) is 18.4 Å². The molecule has 0 heterocycles. The lowest BCUT2D eigenvalue weighted by molar-refractivity contribution is 0.713. The number of hydrazine groups is 1. The van der Waals surface area contributed by atoms with Gasteiger partial charge in [-0.15, -0.1) is 0 Å². The summed E-state index contributed by atoms with van der Waals surface area (Å²) in [6.07, 6.45) is 2.05. The lowest BCUT2D eigenvalue weighted by atomic mass is 9.89. The molecule has 23 heavy (non-hydrogen) atoms. The maximum atomic E-state index is 6.22. The van der Waals surface area contributed by atoms with Crippen LogP contribution in [0.4, 0.5) is 0 Å². The number of nitrogens with zero attached hydrogens (tertiary/aromatic N) is 1. The molecule has 0 amide bonds. The Kier molecular flexibility index (Phi) is 4.07. The summed E-state index contributed by atoms with van der Waals surface area (Å²) in [5, 5.41) is 3.69. The highest BCUT2D eigenvalue weighted by Gasteiger charge is 2.23. The van der Waals surface area contributed by atoms with Gasteiger partial charge in [0, 0.05) is 11.6 Å². The maximum Gasteiger partial charge on any atom is 0.166 e. The van der Waals surface area contributed by atoms with Gasteiger partial charge in [0.25, 0.3) is 0 Å². The Morgan fingerprint density at radius 2 is 1.91 bits per heavy atom. The van der Waals surface area contributed by atoms with Gasteiger partial charge in [0.2, 0.25) is 0 Å². The number of benzene rings is 2. The van der Waals surface area contributed by atoms with Crippen molar-refractivity contribution in [1.82, 2.24) is 5.43 Å². The van der Waals surface area contributed by atoms with E-state index in [9.17, 15) is 0 Å². The Morgan fingerprint density at radius 1 is 1.22 bits per heavy atom. The van der Waals surface area contributed by atoms with Gasteiger partial charge >= 0.3 is 0 Å². The Balaban J connectivity index is 2.16. The van der Waals surface area contributed by atoms with E-state index < -0.39 is 0 Å². The van der Waals surface area contributed by atoms with E-state index in [-0.39, 0.29) is 6.04 Å². The molecule has 0 unspecified atom stereocenters. The van der Waals surface area contributed by atoms with E-state index in [0.29, 0.717) is 5.84 Å². The van der Waals surface area contributed by atoms with Gasteiger partial charge in [-0.1, -0.05) is 18.2 Å². The molecule has 1 aliphatic carbocycles.